The van der Waals surface area contributed by atoms with Crippen LogP contribution in [0.4, 0.5) is 10.1 Å². The van der Waals surface area contributed by atoms with Crippen molar-refractivity contribution in [1.29, 1.82) is 0 Å². The second-order valence-corrected chi connectivity index (χ2v) is 6.93. The van der Waals surface area contributed by atoms with Crippen LogP contribution in [0.15, 0.2) is 18.2 Å². The largest absolute Gasteiger partial charge is 0.367 e. The lowest BCUT2D eigenvalue weighted by Crippen LogP contribution is -2.50. The summed E-state index contributed by atoms with van der Waals surface area (Å²) in [5, 5.41) is 0. The molecular formula is C19H26FN3O2. The zero-order valence-corrected chi connectivity index (χ0v) is 14.8. The third kappa shape index (κ3) is 4.37. The van der Waals surface area contributed by atoms with Crippen molar-refractivity contribution in [1.82, 2.24) is 9.80 Å². The van der Waals surface area contributed by atoms with E-state index in [1.54, 1.807) is 12.1 Å². The van der Waals surface area contributed by atoms with Crippen molar-refractivity contribution in [2.24, 2.45) is 0 Å². The molecule has 6 heteroatoms. The van der Waals surface area contributed by atoms with Gasteiger partial charge < -0.3 is 9.80 Å². The fourth-order valence-electron chi connectivity index (χ4n) is 3.56. The van der Waals surface area contributed by atoms with Crippen LogP contribution in [0.5, 0.6) is 0 Å². The summed E-state index contributed by atoms with van der Waals surface area (Å²) in [7, 11) is 0. The standard InChI is InChI=1S/C19H26FN3O2/c1-15(24)16-5-6-18(17(20)13-16)22-11-9-21(10-12-22)14-19(25)23-7-3-2-4-8-23/h5-6,13H,2-4,7-12,14H2,1H3. The van der Waals surface area contributed by atoms with Gasteiger partial charge in [-0.1, -0.05) is 0 Å². The van der Waals surface area contributed by atoms with Crippen LogP contribution in [0.2, 0.25) is 0 Å². The highest BCUT2D eigenvalue weighted by Gasteiger charge is 2.24. The number of hydrogen-bond donors (Lipinski definition) is 0. The van der Waals surface area contributed by atoms with Crippen molar-refractivity contribution in [2.45, 2.75) is 26.2 Å². The molecule has 3 rings (SSSR count). The normalized spacial score (nSPS) is 19.1. The molecule has 136 valence electrons. The summed E-state index contributed by atoms with van der Waals surface area (Å²) in [5.41, 5.74) is 0.930. The van der Waals surface area contributed by atoms with Crippen LogP contribution in [0.1, 0.15) is 36.5 Å². The Morgan fingerprint density at radius 3 is 2.28 bits per heavy atom. The second-order valence-electron chi connectivity index (χ2n) is 6.93. The average molecular weight is 347 g/mol. The first-order chi connectivity index (χ1) is 12.0. The van der Waals surface area contributed by atoms with Crippen molar-refractivity contribution in [2.75, 3.05) is 50.7 Å². The molecule has 1 aromatic carbocycles. The van der Waals surface area contributed by atoms with Crippen molar-refractivity contribution in [3.8, 4) is 0 Å². The summed E-state index contributed by atoms with van der Waals surface area (Å²) in [6.07, 6.45) is 3.43. The van der Waals surface area contributed by atoms with Gasteiger partial charge in [-0.2, -0.15) is 0 Å². The number of carbonyl (C=O) groups is 2. The topological polar surface area (TPSA) is 43.9 Å². The summed E-state index contributed by atoms with van der Waals surface area (Å²) in [6, 6.07) is 4.66. The van der Waals surface area contributed by atoms with Gasteiger partial charge in [0.15, 0.2) is 5.78 Å². The van der Waals surface area contributed by atoms with E-state index in [2.05, 4.69) is 4.90 Å². The Morgan fingerprint density at radius 1 is 1.00 bits per heavy atom. The molecule has 2 aliphatic heterocycles. The summed E-state index contributed by atoms with van der Waals surface area (Å²) < 4.78 is 14.3. The van der Waals surface area contributed by atoms with E-state index >= 15 is 0 Å². The van der Waals surface area contributed by atoms with E-state index in [1.807, 2.05) is 9.80 Å². The first-order valence-electron chi connectivity index (χ1n) is 9.10. The number of carbonyl (C=O) groups excluding carboxylic acids is 2. The van der Waals surface area contributed by atoms with Gasteiger partial charge in [0.25, 0.3) is 0 Å². The number of rotatable bonds is 4. The van der Waals surface area contributed by atoms with Crippen LogP contribution < -0.4 is 4.90 Å². The number of nitrogens with zero attached hydrogens (tertiary/aromatic N) is 3. The minimum atomic E-state index is -0.356. The Labute approximate surface area is 148 Å². The van der Waals surface area contributed by atoms with Crippen molar-refractivity contribution < 1.29 is 14.0 Å². The Kier molecular flexibility index (Phi) is 5.68. The van der Waals surface area contributed by atoms with Gasteiger partial charge in [-0.15, -0.1) is 0 Å². The third-order valence-electron chi connectivity index (χ3n) is 5.13. The molecule has 0 N–H and O–H groups in total. The highest BCUT2D eigenvalue weighted by molar-refractivity contribution is 5.94. The summed E-state index contributed by atoms with van der Waals surface area (Å²) >= 11 is 0. The number of piperazine rings is 1. The lowest BCUT2D eigenvalue weighted by Gasteiger charge is -2.37. The average Bonchev–Trinajstić information content (AvgIpc) is 2.63. The Balaban J connectivity index is 1.53. The lowest BCUT2D eigenvalue weighted by molar-refractivity contribution is -0.133. The molecule has 1 amide bonds. The highest BCUT2D eigenvalue weighted by Crippen LogP contribution is 2.22. The van der Waals surface area contributed by atoms with Crippen LogP contribution in [0.25, 0.3) is 0 Å². The summed E-state index contributed by atoms with van der Waals surface area (Å²) in [6.45, 7) is 6.51. The Bertz CT molecular complexity index is 636. The van der Waals surface area contributed by atoms with Crippen LogP contribution >= 0.6 is 0 Å². The van der Waals surface area contributed by atoms with Gasteiger partial charge in [-0.3, -0.25) is 14.5 Å². The van der Waals surface area contributed by atoms with Crippen molar-refractivity contribution >= 4 is 17.4 Å². The molecule has 2 aliphatic rings. The number of hydrogen-bond acceptors (Lipinski definition) is 4. The number of ketones is 1. The molecule has 2 saturated heterocycles. The molecule has 0 aliphatic carbocycles. The first-order valence-corrected chi connectivity index (χ1v) is 9.10. The quantitative estimate of drug-likeness (QED) is 0.783. The number of piperidine rings is 1. The maximum atomic E-state index is 14.3. The van der Waals surface area contributed by atoms with Crippen molar-refractivity contribution in [3.63, 3.8) is 0 Å². The predicted octanol–water partition coefficient (Wildman–Crippen LogP) is 2.16. The van der Waals surface area contributed by atoms with Crippen LogP contribution in [-0.4, -0.2) is 67.3 Å². The lowest BCUT2D eigenvalue weighted by atomic mass is 10.1. The van der Waals surface area contributed by atoms with Gasteiger partial charge in [-0.25, -0.2) is 4.39 Å². The number of benzene rings is 1. The molecule has 0 bridgehead atoms. The predicted molar refractivity (Wildman–Crippen MR) is 95.5 cm³/mol. The molecule has 0 atom stereocenters. The minimum absolute atomic E-state index is 0.133. The van der Waals surface area contributed by atoms with E-state index in [4.69, 9.17) is 0 Å². The van der Waals surface area contributed by atoms with E-state index in [0.29, 0.717) is 30.9 Å². The number of amides is 1. The second kappa shape index (κ2) is 7.95. The fraction of sp³-hybridized carbons (Fsp3) is 0.579. The minimum Gasteiger partial charge on any atom is -0.367 e. The molecular weight excluding hydrogens is 321 g/mol. The maximum absolute atomic E-state index is 14.3. The summed E-state index contributed by atoms with van der Waals surface area (Å²) in [5.74, 6) is -0.276. The molecule has 2 fully saturated rings. The van der Waals surface area contributed by atoms with Gasteiger partial charge in [-0.05, 0) is 44.4 Å². The molecule has 5 nitrogen and oxygen atoms in total. The molecule has 0 unspecified atom stereocenters. The highest BCUT2D eigenvalue weighted by atomic mass is 19.1. The SMILES string of the molecule is CC(=O)c1ccc(N2CCN(CC(=O)N3CCCCC3)CC2)c(F)c1. The van der Waals surface area contributed by atoms with Gasteiger partial charge in [0, 0.05) is 44.8 Å². The summed E-state index contributed by atoms with van der Waals surface area (Å²) in [4.78, 5) is 29.8. The number of anilines is 1. The van der Waals surface area contributed by atoms with E-state index in [-0.39, 0.29) is 17.5 Å². The van der Waals surface area contributed by atoms with Gasteiger partial charge in [0.1, 0.15) is 5.82 Å². The third-order valence-corrected chi connectivity index (χ3v) is 5.13. The van der Waals surface area contributed by atoms with Crippen LogP contribution in [0.3, 0.4) is 0 Å². The number of Topliss-reactive ketones (excluding diaryl/α,β-unsaturated/α-hetero) is 1. The van der Waals surface area contributed by atoms with Gasteiger partial charge >= 0.3 is 0 Å². The van der Waals surface area contributed by atoms with Gasteiger partial charge in [0.05, 0.1) is 12.2 Å². The molecule has 25 heavy (non-hydrogen) atoms. The Hall–Kier alpha value is -1.95. The van der Waals surface area contributed by atoms with Gasteiger partial charge in [0.2, 0.25) is 5.91 Å². The number of likely N-dealkylation sites (tertiary alicyclic amines) is 1. The molecule has 2 heterocycles. The number of halogens is 1. The zero-order chi connectivity index (χ0) is 17.8. The van der Waals surface area contributed by atoms with E-state index < -0.39 is 0 Å². The smallest absolute Gasteiger partial charge is 0.236 e. The molecule has 0 saturated carbocycles. The van der Waals surface area contributed by atoms with Crippen LogP contribution in [-0.2, 0) is 4.79 Å². The fourth-order valence-corrected chi connectivity index (χ4v) is 3.56. The van der Waals surface area contributed by atoms with E-state index in [9.17, 15) is 14.0 Å². The molecule has 1 aromatic rings. The monoisotopic (exact) mass is 347 g/mol. The zero-order valence-electron chi connectivity index (χ0n) is 14.8. The molecule has 0 aromatic heterocycles. The van der Waals surface area contributed by atoms with Crippen molar-refractivity contribution in [3.05, 3.63) is 29.6 Å². The molecule has 0 radical (unpaired) electrons. The molecule has 0 spiro atoms. The van der Waals surface area contributed by atoms with Crippen LogP contribution in [0, 0.1) is 5.82 Å². The van der Waals surface area contributed by atoms with E-state index in [0.717, 1.165) is 39.0 Å². The Morgan fingerprint density at radius 2 is 1.68 bits per heavy atom. The maximum Gasteiger partial charge on any atom is 0.236 e. The van der Waals surface area contributed by atoms with E-state index in [1.165, 1.54) is 19.4 Å². The first kappa shape index (κ1) is 17.9.